The molecule has 14 nitrogen and oxygen atoms in total. The number of rotatable bonds is 14. The van der Waals surface area contributed by atoms with Gasteiger partial charge in [0.15, 0.2) is 0 Å². The lowest BCUT2D eigenvalue weighted by atomic mass is 9.86. The van der Waals surface area contributed by atoms with Gasteiger partial charge in [-0.25, -0.2) is 9.59 Å². The Morgan fingerprint density at radius 3 is 2.48 bits per heavy atom. The number of nitrogens with zero attached hydrogens (tertiary/aromatic N) is 3. The number of thioether (sulfide) groups is 1. The lowest BCUT2D eigenvalue weighted by Gasteiger charge is -2.49. The Balaban J connectivity index is 1.24. The number of hydrogen-bond donors (Lipinski definition) is 4. The van der Waals surface area contributed by atoms with Crippen LogP contribution in [0.4, 0.5) is 0 Å². The van der Waals surface area contributed by atoms with Crippen molar-refractivity contribution in [3.8, 4) is 0 Å². The van der Waals surface area contributed by atoms with E-state index in [2.05, 4.69) is 20.7 Å². The van der Waals surface area contributed by atoms with Gasteiger partial charge >= 0.3 is 11.9 Å². The molecule has 4 N–H and O–H groups in total. The topological polar surface area (TPSA) is 187 Å². The number of amides is 3. The smallest absolute Gasteiger partial charge is 0.353 e. The van der Waals surface area contributed by atoms with Gasteiger partial charge in [-0.15, -0.1) is 11.8 Å². The first-order valence-corrected chi connectivity index (χ1v) is 16.2. The molecule has 3 heterocycles. The highest BCUT2D eigenvalue weighted by atomic mass is 32.2. The number of morpholine rings is 1. The number of carboxylic acids is 2. The Hall–Kier alpha value is -3.95. The van der Waals surface area contributed by atoms with E-state index in [1.54, 1.807) is 12.1 Å². The van der Waals surface area contributed by atoms with Crippen LogP contribution in [0.3, 0.4) is 0 Å². The predicted molar refractivity (Wildman–Crippen MR) is 169 cm³/mol. The van der Waals surface area contributed by atoms with Crippen LogP contribution >= 0.6 is 11.8 Å². The molecule has 3 aliphatic rings. The second-order valence-electron chi connectivity index (χ2n) is 12.2. The van der Waals surface area contributed by atoms with E-state index in [9.17, 15) is 34.2 Å². The number of ether oxygens (including phenoxy) is 1. The lowest BCUT2D eigenvalue weighted by Crippen LogP contribution is -2.70. The van der Waals surface area contributed by atoms with E-state index in [4.69, 9.17) is 9.57 Å². The Morgan fingerprint density at radius 2 is 1.85 bits per heavy atom. The molecule has 3 atom stereocenters. The molecule has 0 aliphatic carbocycles. The second-order valence-corrected chi connectivity index (χ2v) is 13.3. The number of carboxylic acid groups (broad SMARTS) is 2. The molecule has 0 saturated carbocycles. The molecule has 0 aromatic heterocycles. The molecule has 3 aliphatic heterocycles. The third kappa shape index (κ3) is 8.85. The SMILES string of the molecule is CC(C)(C)c1ccc(C(=O)NC(CCCC(=O)N[C@@H]2C(=O)N3C(C(=O)O)=C(C=NOCCN4CCOCC4)CS[C@@H]23)C(=O)O)cc1. The van der Waals surface area contributed by atoms with Gasteiger partial charge in [0.2, 0.25) is 5.91 Å². The van der Waals surface area contributed by atoms with Gasteiger partial charge in [0, 0.05) is 42.9 Å². The number of hydrogen-bond acceptors (Lipinski definition) is 10. The molecule has 1 aromatic rings. The van der Waals surface area contributed by atoms with E-state index in [-0.39, 0.29) is 36.1 Å². The normalized spacial score (nSPS) is 20.9. The largest absolute Gasteiger partial charge is 0.480 e. The van der Waals surface area contributed by atoms with Crippen LogP contribution in [0.2, 0.25) is 0 Å². The standard InChI is InChI=1S/C31H41N5O9S/c1-31(2,3)21-9-7-19(8-10-21)26(38)33-22(29(40)41)5-4-6-23(37)34-24-27(39)36-25(30(42)43)20(18-46-28(24)36)17-32-45-16-13-35-11-14-44-15-12-35/h7-10,17,22,24,28H,4-6,11-16,18H2,1-3H3,(H,33,38)(H,34,37)(H,40,41)(H,42,43)/t22?,24-,28+/m1/s1. The number of β-lactam (4-membered cyclic amide) rings is 1. The highest BCUT2D eigenvalue weighted by Crippen LogP contribution is 2.40. The molecule has 15 heteroatoms. The van der Waals surface area contributed by atoms with E-state index in [0.717, 1.165) is 23.6 Å². The number of oxime groups is 1. The number of benzene rings is 1. The van der Waals surface area contributed by atoms with E-state index < -0.39 is 47.1 Å². The van der Waals surface area contributed by atoms with Crippen LogP contribution in [0.5, 0.6) is 0 Å². The fourth-order valence-corrected chi connectivity index (χ4v) is 6.52. The summed E-state index contributed by atoms with van der Waals surface area (Å²) in [5, 5.41) is 27.9. The van der Waals surface area contributed by atoms with Crippen LogP contribution in [0.1, 0.15) is 56.0 Å². The maximum absolute atomic E-state index is 12.9. The number of carbonyl (C=O) groups is 5. The van der Waals surface area contributed by atoms with E-state index in [0.29, 0.717) is 37.5 Å². The van der Waals surface area contributed by atoms with Gasteiger partial charge in [-0.2, -0.15) is 0 Å². The van der Waals surface area contributed by atoms with Crippen molar-refractivity contribution in [3.05, 3.63) is 46.7 Å². The van der Waals surface area contributed by atoms with Gasteiger partial charge in [0.25, 0.3) is 11.8 Å². The van der Waals surface area contributed by atoms with Gasteiger partial charge in [-0.1, -0.05) is 38.1 Å². The summed E-state index contributed by atoms with van der Waals surface area (Å²) in [6, 6.07) is 4.83. The van der Waals surface area contributed by atoms with Crippen molar-refractivity contribution in [2.45, 2.75) is 62.9 Å². The average molecular weight is 660 g/mol. The minimum absolute atomic E-state index is 0.000593. The maximum atomic E-state index is 12.9. The minimum atomic E-state index is -1.29. The zero-order valence-corrected chi connectivity index (χ0v) is 27.0. The van der Waals surface area contributed by atoms with Crippen LogP contribution < -0.4 is 10.6 Å². The first-order chi connectivity index (χ1) is 21.9. The number of fused-ring (bicyclic) bond motifs is 1. The van der Waals surface area contributed by atoms with Gasteiger partial charge in [-0.05, 0) is 36.0 Å². The van der Waals surface area contributed by atoms with Crippen LogP contribution in [-0.2, 0) is 34.2 Å². The molecule has 0 spiro atoms. The van der Waals surface area contributed by atoms with Crippen molar-refractivity contribution in [1.82, 2.24) is 20.4 Å². The van der Waals surface area contributed by atoms with Crippen LogP contribution in [0.25, 0.3) is 0 Å². The molecule has 1 unspecified atom stereocenters. The lowest BCUT2D eigenvalue weighted by molar-refractivity contribution is -0.150. The average Bonchev–Trinajstić information content (AvgIpc) is 3.02. The fraction of sp³-hybridized carbons (Fsp3) is 0.548. The van der Waals surface area contributed by atoms with Crippen LogP contribution in [-0.4, -0.2) is 119 Å². The van der Waals surface area contributed by atoms with E-state index >= 15 is 0 Å². The highest BCUT2D eigenvalue weighted by molar-refractivity contribution is 8.00. The van der Waals surface area contributed by atoms with E-state index in [1.807, 2.05) is 32.9 Å². The van der Waals surface area contributed by atoms with Gasteiger partial charge < -0.3 is 30.4 Å². The molecule has 0 radical (unpaired) electrons. The fourth-order valence-electron chi connectivity index (χ4n) is 5.22. The van der Waals surface area contributed by atoms with Crippen molar-refractivity contribution in [2.75, 3.05) is 45.2 Å². The summed E-state index contributed by atoms with van der Waals surface area (Å²) in [6.45, 7) is 10.1. The quantitative estimate of drug-likeness (QED) is 0.0979. The molecular formula is C31H41N5O9S. The molecule has 1 aromatic carbocycles. The molecule has 3 amide bonds. The summed E-state index contributed by atoms with van der Waals surface area (Å²) >= 11 is 1.30. The third-order valence-electron chi connectivity index (χ3n) is 7.92. The van der Waals surface area contributed by atoms with Crippen LogP contribution in [0, 0.1) is 0 Å². The molecular weight excluding hydrogens is 618 g/mol. The van der Waals surface area contributed by atoms with Crippen molar-refractivity contribution < 1.29 is 43.8 Å². The highest BCUT2D eigenvalue weighted by Gasteiger charge is 2.54. The molecule has 4 rings (SSSR count). The van der Waals surface area contributed by atoms with Gasteiger partial charge in [-0.3, -0.25) is 24.2 Å². The molecule has 250 valence electrons. The Morgan fingerprint density at radius 1 is 1.15 bits per heavy atom. The van der Waals surface area contributed by atoms with Crippen molar-refractivity contribution >= 4 is 47.6 Å². The molecule has 2 fully saturated rings. The van der Waals surface area contributed by atoms with Gasteiger partial charge in [0.1, 0.15) is 29.8 Å². The summed E-state index contributed by atoms with van der Waals surface area (Å²) in [5.41, 5.74) is 1.39. The molecule has 0 bridgehead atoms. The Bertz CT molecular complexity index is 1370. The maximum Gasteiger partial charge on any atom is 0.353 e. The first-order valence-electron chi connectivity index (χ1n) is 15.2. The predicted octanol–water partition coefficient (Wildman–Crippen LogP) is 1.41. The second kappa shape index (κ2) is 15.6. The summed E-state index contributed by atoms with van der Waals surface area (Å²) in [7, 11) is 0. The van der Waals surface area contributed by atoms with Crippen LogP contribution in [0.15, 0.2) is 40.7 Å². The summed E-state index contributed by atoms with van der Waals surface area (Å²) in [5.74, 6) is -3.83. The molecule has 46 heavy (non-hydrogen) atoms. The molecule has 2 saturated heterocycles. The van der Waals surface area contributed by atoms with Crippen molar-refractivity contribution in [2.24, 2.45) is 5.16 Å². The Kier molecular flexibility index (Phi) is 11.8. The Labute approximate surface area is 271 Å². The summed E-state index contributed by atoms with van der Waals surface area (Å²) in [4.78, 5) is 70.7. The summed E-state index contributed by atoms with van der Waals surface area (Å²) < 4.78 is 5.31. The minimum Gasteiger partial charge on any atom is -0.480 e. The summed E-state index contributed by atoms with van der Waals surface area (Å²) in [6.07, 6.45) is 1.37. The zero-order valence-electron chi connectivity index (χ0n) is 26.2. The van der Waals surface area contributed by atoms with E-state index in [1.165, 1.54) is 18.0 Å². The third-order valence-corrected chi connectivity index (χ3v) is 9.22. The van der Waals surface area contributed by atoms with Crippen molar-refractivity contribution in [3.63, 3.8) is 0 Å². The van der Waals surface area contributed by atoms with Crippen molar-refractivity contribution in [1.29, 1.82) is 0 Å². The zero-order chi connectivity index (χ0) is 33.4. The first kappa shape index (κ1) is 34.9. The van der Waals surface area contributed by atoms with Gasteiger partial charge in [0.05, 0.1) is 19.4 Å². The number of aliphatic carboxylic acids is 2. The number of carbonyl (C=O) groups excluding carboxylic acids is 3. The monoisotopic (exact) mass is 659 g/mol. The number of nitrogens with one attached hydrogen (secondary N) is 2.